The van der Waals surface area contributed by atoms with E-state index >= 15 is 0 Å². The van der Waals surface area contributed by atoms with E-state index in [1.807, 2.05) is 7.05 Å². The van der Waals surface area contributed by atoms with Crippen LogP contribution in [0.4, 0.5) is 0 Å². The van der Waals surface area contributed by atoms with Gasteiger partial charge in [0.25, 0.3) is 0 Å². The van der Waals surface area contributed by atoms with Crippen LogP contribution in [0.2, 0.25) is 0 Å². The first-order chi connectivity index (χ1) is 8.76. The van der Waals surface area contributed by atoms with Crippen molar-refractivity contribution >= 4 is 16.8 Å². The fraction of sp³-hybridized carbons (Fsp3) is 0.357. The highest BCUT2D eigenvalue weighted by Gasteiger charge is 2.12. The maximum absolute atomic E-state index is 4.79. The zero-order valence-corrected chi connectivity index (χ0v) is 11.1. The van der Waals surface area contributed by atoms with Gasteiger partial charge in [-0.1, -0.05) is 19.1 Å². The lowest BCUT2D eigenvalue weighted by atomic mass is 10.1. The molecule has 0 bridgehead atoms. The third-order valence-corrected chi connectivity index (χ3v) is 3.53. The molecule has 18 heavy (non-hydrogen) atoms. The van der Waals surface area contributed by atoms with Crippen LogP contribution in [0.3, 0.4) is 0 Å². The Morgan fingerprint density at radius 2 is 2.17 bits per heavy atom. The third kappa shape index (κ3) is 1.46. The van der Waals surface area contributed by atoms with Gasteiger partial charge in [0.1, 0.15) is 0 Å². The summed E-state index contributed by atoms with van der Waals surface area (Å²) in [6, 6.07) is 6.40. The van der Waals surface area contributed by atoms with Gasteiger partial charge in [-0.3, -0.25) is 4.40 Å². The summed E-state index contributed by atoms with van der Waals surface area (Å²) in [5.41, 5.74) is 4.87. The molecule has 1 N–H and O–H groups in total. The minimum atomic E-state index is 0.856. The molecule has 0 saturated heterocycles. The van der Waals surface area contributed by atoms with Crippen LogP contribution in [0, 0.1) is 0 Å². The summed E-state index contributed by atoms with van der Waals surface area (Å²) in [6.07, 6.45) is 3.19. The van der Waals surface area contributed by atoms with E-state index < -0.39 is 0 Å². The van der Waals surface area contributed by atoms with Crippen LogP contribution in [0.15, 0.2) is 24.4 Å². The molecule has 0 atom stereocenters. The average molecular weight is 242 g/mol. The van der Waals surface area contributed by atoms with Crippen LogP contribution in [0.5, 0.6) is 0 Å². The molecule has 94 valence electrons. The summed E-state index contributed by atoms with van der Waals surface area (Å²) in [5.74, 6) is 1.01. The number of para-hydroxylation sites is 1. The lowest BCUT2D eigenvalue weighted by molar-refractivity contribution is 0.742. The standard InChI is InChI=1S/C14H18N4/c1-4-10-6-5-7-12-13(10)16-14-17(3)11(8-15-2)9-18(12)14/h5-7,9,15H,4,8H2,1-3H3. The minimum absolute atomic E-state index is 0.856. The van der Waals surface area contributed by atoms with Gasteiger partial charge in [-0.05, 0) is 25.1 Å². The predicted octanol–water partition coefficient (Wildman–Crippen LogP) is 2.11. The normalized spacial score (nSPS) is 11.7. The lowest BCUT2D eigenvalue weighted by Crippen LogP contribution is -2.08. The number of rotatable bonds is 3. The first-order valence-corrected chi connectivity index (χ1v) is 6.35. The van der Waals surface area contributed by atoms with E-state index in [1.165, 1.54) is 16.8 Å². The van der Waals surface area contributed by atoms with Gasteiger partial charge in [-0.25, -0.2) is 4.98 Å². The predicted molar refractivity (Wildman–Crippen MR) is 73.8 cm³/mol. The van der Waals surface area contributed by atoms with Crippen molar-refractivity contribution in [2.45, 2.75) is 19.9 Å². The molecular formula is C14H18N4. The number of nitrogens with zero attached hydrogens (tertiary/aromatic N) is 3. The highest BCUT2D eigenvalue weighted by atomic mass is 15.2. The van der Waals surface area contributed by atoms with E-state index in [2.05, 4.69) is 52.7 Å². The summed E-state index contributed by atoms with van der Waals surface area (Å²) in [5, 5.41) is 3.18. The van der Waals surface area contributed by atoms with Gasteiger partial charge < -0.3 is 9.88 Å². The van der Waals surface area contributed by atoms with Gasteiger partial charge >= 0.3 is 0 Å². The molecule has 0 aliphatic heterocycles. The molecule has 0 amide bonds. The second kappa shape index (κ2) is 4.14. The molecule has 3 aromatic rings. The molecule has 1 aromatic carbocycles. The highest BCUT2D eigenvalue weighted by molar-refractivity contribution is 5.83. The molecule has 0 aliphatic rings. The number of hydrogen-bond acceptors (Lipinski definition) is 2. The molecule has 2 aromatic heterocycles. The van der Waals surface area contributed by atoms with Crippen molar-refractivity contribution in [2.75, 3.05) is 7.05 Å². The Labute approximate surface area is 106 Å². The molecule has 0 unspecified atom stereocenters. The van der Waals surface area contributed by atoms with Gasteiger partial charge in [0.05, 0.1) is 16.7 Å². The molecule has 0 spiro atoms. The maximum Gasteiger partial charge on any atom is 0.214 e. The van der Waals surface area contributed by atoms with Crippen LogP contribution in [0.1, 0.15) is 18.2 Å². The number of hydrogen-bond donors (Lipinski definition) is 1. The molecule has 4 nitrogen and oxygen atoms in total. The van der Waals surface area contributed by atoms with E-state index in [1.54, 1.807) is 0 Å². The number of aromatic nitrogens is 3. The molecule has 3 rings (SSSR count). The van der Waals surface area contributed by atoms with Gasteiger partial charge in [-0.2, -0.15) is 0 Å². The van der Waals surface area contributed by atoms with E-state index in [9.17, 15) is 0 Å². The topological polar surface area (TPSA) is 34.3 Å². The lowest BCUT2D eigenvalue weighted by Gasteiger charge is -2.00. The van der Waals surface area contributed by atoms with Crippen molar-refractivity contribution < 1.29 is 0 Å². The summed E-state index contributed by atoms with van der Waals surface area (Å²) >= 11 is 0. The van der Waals surface area contributed by atoms with E-state index in [0.29, 0.717) is 0 Å². The van der Waals surface area contributed by atoms with E-state index in [-0.39, 0.29) is 0 Å². The zero-order valence-electron chi connectivity index (χ0n) is 11.1. The molecule has 4 heteroatoms. The Hall–Kier alpha value is -1.81. The molecule has 0 fully saturated rings. The van der Waals surface area contributed by atoms with Crippen molar-refractivity contribution in [3.8, 4) is 0 Å². The summed E-state index contributed by atoms with van der Waals surface area (Å²) in [7, 11) is 4.03. The fourth-order valence-electron chi connectivity index (χ4n) is 2.52. The highest BCUT2D eigenvalue weighted by Crippen LogP contribution is 2.22. The van der Waals surface area contributed by atoms with E-state index in [0.717, 1.165) is 24.3 Å². The van der Waals surface area contributed by atoms with Crippen molar-refractivity contribution in [2.24, 2.45) is 7.05 Å². The number of benzene rings is 1. The quantitative estimate of drug-likeness (QED) is 0.763. The second-order valence-electron chi connectivity index (χ2n) is 4.63. The number of nitrogens with one attached hydrogen (secondary N) is 1. The SMILES string of the molecule is CCc1cccc2c1nc1n(C)c(CNC)cn21. The largest absolute Gasteiger partial charge is 0.316 e. The van der Waals surface area contributed by atoms with Crippen LogP contribution in [-0.2, 0) is 20.0 Å². The number of fused-ring (bicyclic) bond motifs is 3. The second-order valence-corrected chi connectivity index (χ2v) is 4.63. The van der Waals surface area contributed by atoms with Gasteiger partial charge in [0, 0.05) is 19.8 Å². The van der Waals surface area contributed by atoms with Gasteiger partial charge in [0.15, 0.2) is 0 Å². The first kappa shape index (κ1) is 11.3. The zero-order chi connectivity index (χ0) is 12.7. The van der Waals surface area contributed by atoms with Crippen LogP contribution >= 0.6 is 0 Å². The molecule has 0 radical (unpaired) electrons. The van der Waals surface area contributed by atoms with Crippen LogP contribution < -0.4 is 5.32 Å². The maximum atomic E-state index is 4.79. The van der Waals surface area contributed by atoms with E-state index in [4.69, 9.17) is 4.98 Å². The smallest absolute Gasteiger partial charge is 0.214 e. The third-order valence-electron chi connectivity index (χ3n) is 3.53. The van der Waals surface area contributed by atoms with Crippen molar-refractivity contribution in [1.82, 2.24) is 19.3 Å². The number of imidazole rings is 2. The molecule has 0 aliphatic carbocycles. The first-order valence-electron chi connectivity index (χ1n) is 6.35. The van der Waals surface area contributed by atoms with Gasteiger partial charge in [0.2, 0.25) is 5.78 Å². The minimum Gasteiger partial charge on any atom is -0.316 e. The average Bonchev–Trinajstić information content (AvgIpc) is 2.89. The van der Waals surface area contributed by atoms with Crippen molar-refractivity contribution in [1.29, 1.82) is 0 Å². The number of aryl methyl sites for hydroxylation is 2. The Morgan fingerprint density at radius 3 is 2.89 bits per heavy atom. The van der Waals surface area contributed by atoms with Crippen LogP contribution in [0.25, 0.3) is 16.8 Å². The van der Waals surface area contributed by atoms with Crippen LogP contribution in [-0.4, -0.2) is 21.0 Å². The Morgan fingerprint density at radius 1 is 1.33 bits per heavy atom. The van der Waals surface area contributed by atoms with Crippen molar-refractivity contribution in [3.05, 3.63) is 35.7 Å². The Kier molecular flexibility index (Phi) is 2.59. The Bertz CT molecular complexity index is 705. The molecule has 2 heterocycles. The molecule has 0 saturated carbocycles. The summed E-state index contributed by atoms with van der Waals surface area (Å²) in [6.45, 7) is 3.03. The monoisotopic (exact) mass is 242 g/mol. The Balaban J connectivity index is 2.33. The summed E-state index contributed by atoms with van der Waals surface area (Å²) in [4.78, 5) is 4.79. The molecular weight excluding hydrogens is 224 g/mol. The van der Waals surface area contributed by atoms with Gasteiger partial charge in [-0.15, -0.1) is 0 Å². The fourth-order valence-corrected chi connectivity index (χ4v) is 2.52. The summed E-state index contributed by atoms with van der Waals surface area (Å²) < 4.78 is 4.33. The van der Waals surface area contributed by atoms with Crippen molar-refractivity contribution in [3.63, 3.8) is 0 Å².